The maximum Gasteiger partial charge on any atom is 0.514 e. The number of nitrogens with zero attached hydrogens (tertiary/aromatic N) is 3. The Morgan fingerprint density at radius 3 is 2.04 bits per heavy atom. The summed E-state index contributed by atoms with van der Waals surface area (Å²) in [6.45, 7) is 8.15. The lowest BCUT2D eigenvalue weighted by atomic mass is 9.83. The summed E-state index contributed by atoms with van der Waals surface area (Å²) in [5.74, 6) is 0.648. The van der Waals surface area contributed by atoms with E-state index >= 15 is 0 Å². The van der Waals surface area contributed by atoms with Crippen LogP contribution in [0.15, 0.2) is 60.9 Å². The van der Waals surface area contributed by atoms with E-state index in [1.807, 2.05) is 76.2 Å². The molecular formula is C21H22BN3O2. The molecule has 0 amide bonds. The number of hydrogen-bond acceptors (Lipinski definition) is 5. The molecule has 1 saturated heterocycles. The molecular weight excluding hydrogens is 337 g/mol. The van der Waals surface area contributed by atoms with Crippen LogP contribution in [0, 0.1) is 0 Å². The van der Waals surface area contributed by atoms with Crippen molar-refractivity contribution in [2.45, 2.75) is 38.9 Å². The third-order valence-electron chi connectivity index (χ3n) is 5.25. The Morgan fingerprint density at radius 2 is 1.41 bits per heavy atom. The molecule has 0 unspecified atom stereocenters. The summed E-state index contributed by atoms with van der Waals surface area (Å²) in [6, 6.07) is 15.7. The highest BCUT2D eigenvalue weighted by atomic mass is 16.7. The van der Waals surface area contributed by atoms with Crippen molar-refractivity contribution < 1.29 is 9.31 Å². The zero-order valence-corrected chi connectivity index (χ0v) is 16.0. The molecule has 136 valence electrons. The fraction of sp³-hybridized carbons (Fsp3) is 0.286. The first-order chi connectivity index (χ1) is 12.9. The van der Waals surface area contributed by atoms with Gasteiger partial charge in [0.2, 0.25) is 0 Å². The van der Waals surface area contributed by atoms with E-state index < -0.39 is 18.3 Å². The molecule has 0 N–H and O–H groups in total. The third-order valence-corrected chi connectivity index (χ3v) is 5.25. The molecule has 0 aliphatic carbocycles. The van der Waals surface area contributed by atoms with Gasteiger partial charge >= 0.3 is 7.12 Å². The van der Waals surface area contributed by atoms with Gasteiger partial charge in [-0.3, -0.25) is 4.98 Å². The van der Waals surface area contributed by atoms with Crippen molar-refractivity contribution >= 4 is 12.7 Å². The van der Waals surface area contributed by atoms with Gasteiger partial charge in [-0.1, -0.05) is 30.3 Å². The van der Waals surface area contributed by atoms with E-state index in [4.69, 9.17) is 19.3 Å². The SMILES string of the molecule is CC1(C)OB(c2cc(-c3ccncc3)nc(-c3ccccc3)n2)OC1(C)C. The van der Waals surface area contributed by atoms with Crippen molar-refractivity contribution in [3.05, 3.63) is 60.9 Å². The summed E-state index contributed by atoms with van der Waals surface area (Å²) in [5, 5.41) is 0. The molecule has 0 saturated carbocycles. The quantitative estimate of drug-likeness (QED) is 0.670. The lowest BCUT2D eigenvalue weighted by Crippen LogP contribution is -2.41. The first-order valence-electron chi connectivity index (χ1n) is 9.06. The predicted molar refractivity (Wildman–Crippen MR) is 106 cm³/mol. The van der Waals surface area contributed by atoms with Gasteiger partial charge in [-0.05, 0) is 45.9 Å². The lowest BCUT2D eigenvalue weighted by Gasteiger charge is -2.32. The van der Waals surface area contributed by atoms with Gasteiger partial charge in [0.05, 0.1) is 22.5 Å². The van der Waals surface area contributed by atoms with Gasteiger partial charge in [0.15, 0.2) is 5.82 Å². The summed E-state index contributed by atoms with van der Waals surface area (Å²) in [4.78, 5) is 13.6. The van der Waals surface area contributed by atoms with Crippen LogP contribution in [0.3, 0.4) is 0 Å². The molecule has 0 spiro atoms. The van der Waals surface area contributed by atoms with Crippen LogP contribution >= 0.6 is 0 Å². The normalized spacial score (nSPS) is 17.9. The van der Waals surface area contributed by atoms with Crippen molar-refractivity contribution in [1.82, 2.24) is 15.0 Å². The van der Waals surface area contributed by atoms with Gasteiger partial charge in [0.25, 0.3) is 0 Å². The van der Waals surface area contributed by atoms with Crippen LogP contribution < -0.4 is 5.59 Å². The number of benzene rings is 1. The van der Waals surface area contributed by atoms with Crippen LogP contribution in [-0.2, 0) is 9.31 Å². The van der Waals surface area contributed by atoms with Crippen molar-refractivity contribution in [2.24, 2.45) is 0 Å². The Kier molecular flexibility index (Phi) is 4.33. The number of rotatable bonds is 3. The maximum atomic E-state index is 6.21. The Labute approximate surface area is 160 Å². The van der Waals surface area contributed by atoms with E-state index in [1.54, 1.807) is 12.4 Å². The monoisotopic (exact) mass is 359 g/mol. The molecule has 27 heavy (non-hydrogen) atoms. The first kappa shape index (κ1) is 17.8. The molecule has 0 atom stereocenters. The second-order valence-corrected chi connectivity index (χ2v) is 7.69. The predicted octanol–water partition coefficient (Wildman–Crippen LogP) is 3.50. The van der Waals surface area contributed by atoms with Crippen molar-refractivity contribution in [1.29, 1.82) is 0 Å². The van der Waals surface area contributed by atoms with E-state index in [0.717, 1.165) is 16.8 Å². The average Bonchev–Trinajstić information content (AvgIpc) is 2.90. The molecule has 3 heterocycles. The van der Waals surface area contributed by atoms with E-state index in [-0.39, 0.29) is 0 Å². The summed E-state index contributed by atoms with van der Waals surface area (Å²) in [7, 11) is -0.541. The van der Waals surface area contributed by atoms with Crippen molar-refractivity contribution in [2.75, 3.05) is 0 Å². The number of aromatic nitrogens is 3. The van der Waals surface area contributed by atoms with E-state index in [1.165, 1.54) is 0 Å². The Hall–Kier alpha value is -2.57. The van der Waals surface area contributed by atoms with Gasteiger partial charge in [-0.2, -0.15) is 0 Å². The minimum atomic E-state index is -0.541. The minimum Gasteiger partial charge on any atom is -0.398 e. The third kappa shape index (κ3) is 3.38. The topological polar surface area (TPSA) is 57.1 Å². The van der Waals surface area contributed by atoms with Crippen LogP contribution in [-0.4, -0.2) is 33.3 Å². The lowest BCUT2D eigenvalue weighted by molar-refractivity contribution is 0.00578. The maximum absolute atomic E-state index is 6.21. The molecule has 5 nitrogen and oxygen atoms in total. The fourth-order valence-electron chi connectivity index (χ4n) is 2.94. The molecule has 1 fully saturated rings. The zero-order chi connectivity index (χ0) is 19.1. The standard InChI is InChI=1S/C21H22BN3O2/c1-20(2)21(3,4)27-22(26-20)18-14-17(15-10-12-23-13-11-15)24-19(25-18)16-8-6-5-7-9-16/h5-14H,1-4H3. The molecule has 1 aliphatic heterocycles. The first-order valence-corrected chi connectivity index (χ1v) is 9.06. The van der Waals surface area contributed by atoms with Gasteiger partial charge in [0, 0.05) is 23.5 Å². The van der Waals surface area contributed by atoms with Gasteiger partial charge in [0.1, 0.15) is 0 Å². The average molecular weight is 359 g/mol. The molecule has 0 radical (unpaired) electrons. The van der Waals surface area contributed by atoms with Crippen molar-refractivity contribution in [3.63, 3.8) is 0 Å². The zero-order valence-electron chi connectivity index (χ0n) is 16.0. The van der Waals surface area contributed by atoms with Crippen molar-refractivity contribution in [3.8, 4) is 22.6 Å². The minimum absolute atomic E-state index is 0.424. The molecule has 1 aromatic carbocycles. The Balaban J connectivity index is 1.82. The number of pyridine rings is 1. The van der Waals surface area contributed by atoms with Crippen LogP contribution in [0.2, 0.25) is 0 Å². The van der Waals surface area contributed by atoms with Gasteiger partial charge in [-0.25, -0.2) is 9.97 Å². The van der Waals surface area contributed by atoms with E-state index in [0.29, 0.717) is 11.4 Å². The molecule has 3 aromatic rings. The molecule has 1 aliphatic rings. The van der Waals surface area contributed by atoms with Crippen LogP contribution in [0.4, 0.5) is 0 Å². The summed E-state index contributed by atoms with van der Waals surface area (Å²) in [5.41, 5.74) is 2.61. The Bertz CT molecular complexity index is 872. The van der Waals surface area contributed by atoms with Crippen LogP contribution in [0.1, 0.15) is 27.7 Å². The fourth-order valence-corrected chi connectivity index (χ4v) is 2.94. The molecule has 6 heteroatoms. The summed E-state index contributed by atoms with van der Waals surface area (Å²) >= 11 is 0. The van der Waals surface area contributed by atoms with Gasteiger partial charge in [-0.15, -0.1) is 0 Å². The highest BCUT2D eigenvalue weighted by Gasteiger charge is 2.52. The summed E-state index contributed by atoms with van der Waals surface area (Å²) < 4.78 is 12.4. The highest BCUT2D eigenvalue weighted by molar-refractivity contribution is 6.61. The van der Waals surface area contributed by atoms with Crippen LogP contribution in [0.5, 0.6) is 0 Å². The molecule has 0 bridgehead atoms. The summed E-state index contributed by atoms with van der Waals surface area (Å²) in [6.07, 6.45) is 3.52. The molecule has 2 aromatic heterocycles. The second kappa shape index (κ2) is 6.55. The smallest absolute Gasteiger partial charge is 0.398 e. The van der Waals surface area contributed by atoms with E-state index in [2.05, 4.69) is 4.98 Å². The highest BCUT2D eigenvalue weighted by Crippen LogP contribution is 2.36. The largest absolute Gasteiger partial charge is 0.514 e. The van der Waals surface area contributed by atoms with Crippen LogP contribution in [0.25, 0.3) is 22.6 Å². The molecule has 4 rings (SSSR count). The van der Waals surface area contributed by atoms with Gasteiger partial charge < -0.3 is 9.31 Å². The van der Waals surface area contributed by atoms with E-state index in [9.17, 15) is 0 Å². The second-order valence-electron chi connectivity index (χ2n) is 7.69. The number of hydrogen-bond donors (Lipinski definition) is 0. The Morgan fingerprint density at radius 1 is 0.778 bits per heavy atom.